The standard InChI is InChI=1S/C16H20N2O/c1-11-4-2-6-13-9-14(16(19)18-15(11)13)8-12-5-3-7-17-10-12/h2,4,6,9,12,17H,3,5,7-8,10H2,1H3,(H,18,19). The minimum Gasteiger partial charge on any atom is -0.321 e. The molecular weight excluding hydrogens is 236 g/mol. The largest absolute Gasteiger partial charge is 0.321 e. The van der Waals surface area contributed by atoms with E-state index in [0.29, 0.717) is 5.92 Å². The van der Waals surface area contributed by atoms with E-state index in [1.165, 1.54) is 12.8 Å². The van der Waals surface area contributed by atoms with E-state index in [4.69, 9.17) is 0 Å². The van der Waals surface area contributed by atoms with E-state index >= 15 is 0 Å². The molecule has 0 aliphatic carbocycles. The number of aryl methyl sites for hydroxylation is 1. The van der Waals surface area contributed by atoms with E-state index in [9.17, 15) is 4.79 Å². The fourth-order valence-electron chi connectivity index (χ4n) is 2.99. The second-order valence-corrected chi connectivity index (χ2v) is 5.58. The van der Waals surface area contributed by atoms with Gasteiger partial charge in [0.15, 0.2) is 0 Å². The highest BCUT2D eigenvalue weighted by atomic mass is 16.1. The van der Waals surface area contributed by atoms with Crippen LogP contribution in [-0.2, 0) is 6.42 Å². The van der Waals surface area contributed by atoms with Gasteiger partial charge in [-0.2, -0.15) is 0 Å². The average Bonchev–Trinajstić information content (AvgIpc) is 2.42. The minimum absolute atomic E-state index is 0.0763. The predicted octanol–water partition coefficient (Wildman–Crippen LogP) is 2.38. The number of pyridine rings is 1. The Balaban J connectivity index is 1.95. The molecule has 2 heterocycles. The van der Waals surface area contributed by atoms with Crippen LogP contribution in [0.4, 0.5) is 0 Å². The summed E-state index contributed by atoms with van der Waals surface area (Å²) in [5, 5.41) is 4.55. The van der Waals surface area contributed by atoms with Crippen LogP contribution in [0.5, 0.6) is 0 Å². The maximum Gasteiger partial charge on any atom is 0.251 e. The van der Waals surface area contributed by atoms with Gasteiger partial charge < -0.3 is 10.3 Å². The number of piperidine rings is 1. The molecule has 0 radical (unpaired) electrons. The van der Waals surface area contributed by atoms with Gasteiger partial charge in [0, 0.05) is 5.56 Å². The van der Waals surface area contributed by atoms with Gasteiger partial charge in [0.1, 0.15) is 0 Å². The highest BCUT2D eigenvalue weighted by molar-refractivity contribution is 5.81. The average molecular weight is 256 g/mol. The van der Waals surface area contributed by atoms with E-state index in [0.717, 1.165) is 41.5 Å². The van der Waals surface area contributed by atoms with E-state index in [1.807, 2.05) is 19.1 Å². The Bertz CT molecular complexity index is 639. The maximum absolute atomic E-state index is 12.2. The Morgan fingerprint density at radius 2 is 2.26 bits per heavy atom. The molecule has 0 spiro atoms. The van der Waals surface area contributed by atoms with E-state index in [2.05, 4.69) is 22.4 Å². The molecule has 1 fully saturated rings. The fourth-order valence-corrected chi connectivity index (χ4v) is 2.99. The van der Waals surface area contributed by atoms with Gasteiger partial charge in [-0.15, -0.1) is 0 Å². The van der Waals surface area contributed by atoms with Crippen molar-refractivity contribution in [3.63, 3.8) is 0 Å². The maximum atomic E-state index is 12.2. The van der Waals surface area contributed by atoms with Crippen LogP contribution >= 0.6 is 0 Å². The summed E-state index contributed by atoms with van der Waals surface area (Å²) in [6.07, 6.45) is 3.32. The molecule has 3 heteroatoms. The number of fused-ring (bicyclic) bond motifs is 1. The molecule has 2 N–H and O–H groups in total. The molecule has 1 saturated heterocycles. The van der Waals surface area contributed by atoms with E-state index < -0.39 is 0 Å². The molecule has 2 aromatic rings. The third-order valence-corrected chi connectivity index (χ3v) is 4.07. The smallest absolute Gasteiger partial charge is 0.251 e. The number of rotatable bonds is 2. The quantitative estimate of drug-likeness (QED) is 0.866. The number of para-hydroxylation sites is 1. The molecular formula is C16H20N2O. The van der Waals surface area contributed by atoms with Crippen molar-refractivity contribution in [2.24, 2.45) is 5.92 Å². The number of H-pyrrole nitrogens is 1. The zero-order chi connectivity index (χ0) is 13.2. The Morgan fingerprint density at radius 1 is 1.37 bits per heavy atom. The van der Waals surface area contributed by atoms with Crippen LogP contribution in [0, 0.1) is 12.8 Å². The lowest BCUT2D eigenvalue weighted by atomic mass is 9.92. The first-order valence-corrected chi connectivity index (χ1v) is 7.06. The van der Waals surface area contributed by atoms with Gasteiger partial charge in [-0.25, -0.2) is 0 Å². The molecule has 19 heavy (non-hydrogen) atoms. The van der Waals surface area contributed by atoms with Gasteiger partial charge in [-0.1, -0.05) is 18.2 Å². The first-order valence-electron chi connectivity index (χ1n) is 7.06. The van der Waals surface area contributed by atoms with Crippen molar-refractivity contribution < 1.29 is 0 Å². The Labute approximate surface area is 113 Å². The van der Waals surface area contributed by atoms with Crippen molar-refractivity contribution in [2.75, 3.05) is 13.1 Å². The lowest BCUT2D eigenvalue weighted by molar-refractivity contribution is 0.375. The summed E-state index contributed by atoms with van der Waals surface area (Å²) in [6, 6.07) is 8.21. The van der Waals surface area contributed by atoms with Gasteiger partial charge >= 0.3 is 0 Å². The van der Waals surface area contributed by atoms with Crippen LogP contribution in [0.2, 0.25) is 0 Å². The van der Waals surface area contributed by atoms with E-state index in [1.54, 1.807) is 0 Å². The van der Waals surface area contributed by atoms with Gasteiger partial charge in [-0.05, 0) is 62.2 Å². The van der Waals surface area contributed by atoms with Crippen LogP contribution in [0.3, 0.4) is 0 Å². The van der Waals surface area contributed by atoms with Gasteiger partial charge in [0.05, 0.1) is 5.52 Å². The summed E-state index contributed by atoms with van der Waals surface area (Å²) in [4.78, 5) is 15.2. The number of hydrogen-bond acceptors (Lipinski definition) is 2. The van der Waals surface area contributed by atoms with Crippen molar-refractivity contribution in [1.29, 1.82) is 0 Å². The highest BCUT2D eigenvalue weighted by Gasteiger charge is 2.15. The highest BCUT2D eigenvalue weighted by Crippen LogP contribution is 2.18. The number of aromatic amines is 1. The van der Waals surface area contributed by atoms with Gasteiger partial charge in [-0.3, -0.25) is 4.79 Å². The molecule has 1 aliphatic rings. The molecule has 3 rings (SSSR count). The second kappa shape index (κ2) is 5.17. The molecule has 3 nitrogen and oxygen atoms in total. The minimum atomic E-state index is 0.0763. The summed E-state index contributed by atoms with van der Waals surface area (Å²) in [6.45, 7) is 4.18. The molecule has 1 aromatic carbocycles. The van der Waals surface area contributed by atoms with Crippen molar-refractivity contribution in [3.05, 3.63) is 45.7 Å². The summed E-state index contributed by atoms with van der Waals surface area (Å²) >= 11 is 0. The molecule has 0 amide bonds. The lowest BCUT2D eigenvalue weighted by Gasteiger charge is -2.22. The number of nitrogens with one attached hydrogen (secondary N) is 2. The molecule has 1 aliphatic heterocycles. The third-order valence-electron chi connectivity index (χ3n) is 4.07. The number of hydrogen-bond donors (Lipinski definition) is 2. The fraction of sp³-hybridized carbons (Fsp3) is 0.438. The van der Waals surface area contributed by atoms with Crippen LogP contribution < -0.4 is 10.9 Å². The molecule has 1 aromatic heterocycles. The SMILES string of the molecule is Cc1cccc2cc(CC3CCCNC3)c(=O)[nH]c12. The molecule has 100 valence electrons. The summed E-state index contributed by atoms with van der Waals surface area (Å²) in [7, 11) is 0. The Kier molecular flexibility index (Phi) is 3.38. The van der Waals surface area contributed by atoms with Crippen LogP contribution in [0.25, 0.3) is 10.9 Å². The summed E-state index contributed by atoms with van der Waals surface area (Å²) in [5.74, 6) is 0.595. The Hall–Kier alpha value is -1.61. The number of aromatic nitrogens is 1. The van der Waals surface area contributed by atoms with Crippen LogP contribution in [0.15, 0.2) is 29.1 Å². The number of benzene rings is 1. The third kappa shape index (κ3) is 2.56. The summed E-state index contributed by atoms with van der Waals surface area (Å²) < 4.78 is 0. The van der Waals surface area contributed by atoms with Crippen molar-refractivity contribution in [3.8, 4) is 0 Å². The monoisotopic (exact) mass is 256 g/mol. The zero-order valence-corrected chi connectivity index (χ0v) is 11.3. The summed E-state index contributed by atoms with van der Waals surface area (Å²) in [5.41, 5.74) is 3.10. The zero-order valence-electron chi connectivity index (χ0n) is 11.3. The van der Waals surface area contributed by atoms with Crippen LogP contribution in [-0.4, -0.2) is 18.1 Å². The van der Waals surface area contributed by atoms with E-state index in [-0.39, 0.29) is 5.56 Å². The van der Waals surface area contributed by atoms with Crippen LogP contribution in [0.1, 0.15) is 24.0 Å². The lowest BCUT2D eigenvalue weighted by Crippen LogP contribution is -2.32. The van der Waals surface area contributed by atoms with Gasteiger partial charge in [0.2, 0.25) is 0 Å². The second-order valence-electron chi connectivity index (χ2n) is 5.58. The first kappa shape index (κ1) is 12.4. The molecule has 1 atom stereocenters. The predicted molar refractivity (Wildman–Crippen MR) is 78.6 cm³/mol. The normalized spacial score (nSPS) is 19.7. The van der Waals surface area contributed by atoms with Gasteiger partial charge in [0.25, 0.3) is 5.56 Å². The van der Waals surface area contributed by atoms with Crippen molar-refractivity contribution >= 4 is 10.9 Å². The van der Waals surface area contributed by atoms with Crippen molar-refractivity contribution in [1.82, 2.24) is 10.3 Å². The molecule has 1 unspecified atom stereocenters. The Morgan fingerprint density at radius 3 is 3.05 bits per heavy atom. The molecule has 0 saturated carbocycles. The first-order chi connectivity index (χ1) is 9.24. The molecule has 0 bridgehead atoms. The topological polar surface area (TPSA) is 44.9 Å². The van der Waals surface area contributed by atoms with Crippen molar-refractivity contribution in [2.45, 2.75) is 26.2 Å².